The van der Waals surface area contributed by atoms with Crippen LogP contribution >= 0.6 is 27.3 Å². The molecule has 3 rings (SSSR count). The molecule has 0 radical (unpaired) electrons. The van der Waals surface area contributed by atoms with E-state index in [1.54, 1.807) is 11.3 Å². The summed E-state index contributed by atoms with van der Waals surface area (Å²) in [4.78, 5) is 8.96. The Morgan fingerprint density at radius 2 is 2.15 bits per heavy atom. The normalized spacial score (nSPS) is 10.7. The largest absolute Gasteiger partial charge is 0.264 e. The Balaban J connectivity index is 2.02. The number of aromatic nitrogens is 2. The molecular formula is C16H13BrN2S. The number of hydrogen-bond donors (Lipinski definition) is 0. The van der Waals surface area contributed by atoms with Crippen molar-refractivity contribution in [1.82, 2.24) is 9.97 Å². The van der Waals surface area contributed by atoms with E-state index in [1.165, 1.54) is 11.1 Å². The zero-order chi connectivity index (χ0) is 13.9. The van der Waals surface area contributed by atoms with Gasteiger partial charge in [0.05, 0.1) is 5.69 Å². The summed E-state index contributed by atoms with van der Waals surface area (Å²) < 4.78 is 1.07. The molecule has 0 fully saturated rings. The highest BCUT2D eigenvalue weighted by Gasteiger charge is 2.10. The van der Waals surface area contributed by atoms with Crippen LogP contribution in [0.15, 0.2) is 52.6 Å². The maximum atomic E-state index is 4.77. The third kappa shape index (κ3) is 2.67. The SMILES string of the molecule is CCc1cnccc1-c1nc(-c2cccc(Br)c2)cs1. The van der Waals surface area contributed by atoms with E-state index in [-0.39, 0.29) is 0 Å². The Labute approximate surface area is 130 Å². The van der Waals surface area contributed by atoms with Crippen molar-refractivity contribution in [1.29, 1.82) is 0 Å². The lowest BCUT2D eigenvalue weighted by molar-refractivity contribution is 1.10. The van der Waals surface area contributed by atoms with Gasteiger partial charge in [-0.05, 0) is 30.2 Å². The van der Waals surface area contributed by atoms with Gasteiger partial charge in [0.15, 0.2) is 0 Å². The lowest BCUT2D eigenvalue weighted by atomic mass is 10.1. The van der Waals surface area contributed by atoms with Crippen molar-refractivity contribution in [3.8, 4) is 21.8 Å². The van der Waals surface area contributed by atoms with Gasteiger partial charge in [-0.3, -0.25) is 4.98 Å². The molecule has 0 atom stereocenters. The average Bonchev–Trinajstić information content (AvgIpc) is 2.97. The van der Waals surface area contributed by atoms with Crippen molar-refractivity contribution >= 4 is 27.3 Å². The number of nitrogens with zero attached hydrogens (tertiary/aromatic N) is 2. The maximum Gasteiger partial charge on any atom is 0.124 e. The van der Waals surface area contributed by atoms with E-state index in [4.69, 9.17) is 4.98 Å². The van der Waals surface area contributed by atoms with E-state index in [0.717, 1.165) is 27.2 Å². The molecule has 20 heavy (non-hydrogen) atoms. The number of benzene rings is 1. The fraction of sp³-hybridized carbons (Fsp3) is 0.125. The van der Waals surface area contributed by atoms with Gasteiger partial charge in [0.1, 0.15) is 5.01 Å². The highest BCUT2D eigenvalue weighted by Crippen LogP contribution is 2.31. The topological polar surface area (TPSA) is 25.8 Å². The molecule has 100 valence electrons. The van der Waals surface area contributed by atoms with Crippen LogP contribution in [0, 0.1) is 0 Å². The van der Waals surface area contributed by atoms with Gasteiger partial charge in [-0.15, -0.1) is 11.3 Å². The van der Waals surface area contributed by atoms with Gasteiger partial charge in [-0.2, -0.15) is 0 Å². The number of halogens is 1. The summed E-state index contributed by atoms with van der Waals surface area (Å²) in [5.74, 6) is 0. The quantitative estimate of drug-likeness (QED) is 0.652. The van der Waals surface area contributed by atoms with Crippen LogP contribution in [-0.4, -0.2) is 9.97 Å². The number of thiazole rings is 1. The molecule has 0 saturated heterocycles. The molecule has 4 heteroatoms. The van der Waals surface area contributed by atoms with Gasteiger partial charge in [0.2, 0.25) is 0 Å². The van der Waals surface area contributed by atoms with Crippen LogP contribution in [0.2, 0.25) is 0 Å². The summed E-state index contributed by atoms with van der Waals surface area (Å²) >= 11 is 5.18. The predicted molar refractivity (Wildman–Crippen MR) is 87.9 cm³/mol. The summed E-state index contributed by atoms with van der Waals surface area (Å²) in [5, 5.41) is 3.16. The number of rotatable bonds is 3. The van der Waals surface area contributed by atoms with Crippen LogP contribution in [0.5, 0.6) is 0 Å². The summed E-state index contributed by atoms with van der Waals surface area (Å²) in [6, 6.07) is 10.3. The number of pyridine rings is 1. The molecule has 0 spiro atoms. The molecule has 2 aromatic heterocycles. The zero-order valence-electron chi connectivity index (χ0n) is 11.0. The lowest BCUT2D eigenvalue weighted by Crippen LogP contribution is -1.88. The molecule has 2 heterocycles. The van der Waals surface area contributed by atoms with E-state index in [1.807, 2.05) is 30.6 Å². The van der Waals surface area contributed by atoms with E-state index in [9.17, 15) is 0 Å². The Hall–Kier alpha value is -1.52. The van der Waals surface area contributed by atoms with E-state index in [0.29, 0.717) is 0 Å². The van der Waals surface area contributed by atoms with Crippen molar-refractivity contribution in [2.75, 3.05) is 0 Å². The molecule has 0 aliphatic rings. The summed E-state index contributed by atoms with van der Waals surface area (Å²) in [7, 11) is 0. The average molecular weight is 345 g/mol. The first-order valence-electron chi connectivity index (χ1n) is 6.42. The fourth-order valence-corrected chi connectivity index (χ4v) is 3.38. The first-order chi connectivity index (χ1) is 9.78. The fourth-order valence-electron chi connectivity index (χ4n) is 2.10. The van der Waals surface area contributed by atoms with Crippen molar-refractivity contribution in [2.24, 2.45) is 0 Å². The molecule has 0 aliphatic heterocycles. The summed E-state index contributed by atoms with van der Waals surface area (Å²) in [5.41, 5.74) is 4.58. The van der Waals surface area contributed by atoms with Crippen LogP contribution < -0.4 is 0 Å². The van der Waals surface area contributed by atoms with Gasteiger partial charge in [-0.25, -0.2) is 4.98 Å². The van der Waals surface area contributed by atoms with Gasteiger partial charge in [0, 0.05) is 33.4 Å². The molecule has 3 aromatic rings. The van der Waals surface area contributed by atoms with Gasteiger partial charge in [-0.1, -0.05) is 35.0 Å². The highest BCUT2D eigenvalue weighted by atomic mass is 79.9. The third-order valence-corrected chi connectivity index (χ3v) is 4.51. The van der Waals surface area contributed by atoms with Crippen molar-refractivity contribution in [2.45, 2.75) is 13.3 Å². The second-order valence-electron chi connectivity index (χ2n) is 4.43. The van der Waals surface area contributed by atoms with Gasteiger partial charge in [0.25, 0.3) is 0 Å². The molecule has 0 amide bonds. The van der Waals surface area contributed by atoms with Crippen LogP contribution in [0.3, 0.4) is 0 Å². The van der Waals surface area contributed by atoms with Crippen LogP contribution in [0.4, 0.5) is 0 Å². The molecule has 0 unspecified atom stereocenters. The highest BCUT2D eigenvalue weighted by molar-refractivity contribution is 9.10. The predicted octanol–water partition coefficient (Wildman–Crippen LogP) is 5.20. The first kappa shape index (κ1) is 13.5. The van der Waals surface area contributed by atoms with Crippen molar-refractivity contribution < 1.29 is 0 Å². The standard InChI is InChI=1S/C16H13BrN2S/c1-2-11-9-18-7-6-14(11)16-19-15(10-20-16)12-4-3-5-13(17)8-12/h3-10H,2H2,1H3. The molecular weight excluding hydrogens is 332 g/mol. The molecule has 0 aliphatic carbocycles. The molecule has 1 aromatic carbocycles. The minimum Gasteiger partial charge on any atom is -0.264 e. The van der Waals surface area contributed by atoms with E-state index in [2.05, 4.69) is 45.4 Å². The Kier molecular flexibility index (Phi) is 3.94. The number of aryl methyl sites for hydroxylation is 1. The molecule has 2 nitrogen and oxygen atoms in total. The smallest absolute Gasteiger partial charge is 0.124 e. The molecule has 0 N–H and O–H groups in total. The molecule has 0 saturated carbocycles. The summed E-state index contributed by atoms with van der Waals surface area (Å²) in [6.45, 7) is 2.14. The monoisotopic (exact) mass is 344 g/mol. The van der Waals surface area contributed by atoms with Gasteiger partial charge < -0.3 is 0 Å². The Morgan fingerprint density at radius 1 is 1.25 bits per heavy atom. The Morgan fingerprint density at radius 3 is 2.95 bits per heavy atom. The second-order valence-corrected chi connectivity index (χ2v) is 6.21. The summed E-state index contributed by atoms with van der Waals surface area (Å²) in [6.07, 6.45) is 4.72. The van der Waals surface area contributed by atoms with Crippen LogP contribution in [-0.2, 0) is 6.42 Å². The van der Waals surface area contributed by atoms with E-state index < -0.39 is 0 Å². The zero-order valence-corrected chi connectivity index (χ0v) is 13.4. The minimum atomic E-state index is 0.967. The van der Waals surface area contributed by atoms with Crippen LogP contribution in [0.1, 0.15) is 12.5 Å². The van der Waals surface area contributed by atoms with Crippen molar-refractivity contribution in [3.63, 3.8) is 0 Å². The first-order valence-corrected chi connectivity index (χ1v) is 8.10. The minimum absolute atomic E-state index is 0.967. The third-order valence-electron chi connectivity index (χ3n) is 3.14. The number of hydrogen-bond acceptors (Lipinski definition) is 3. The van der Waals surface area contributed by atoms with E-state index >= 15 is 0 Å². The van der Waals surface area contributed by atoms with Crippen LogP contribution in [0.25, 0.3) is 21.8 Å². The molecule has 0 bridgehead atoms. The van der Waals surface area contributed by atoms with Crippen molar-refractivity contribution in [3.05, 3.63) is 58.1 Å². The Bertz CT molecular complexity index is 737. The van der Waals surface area contributed by atoms with Gasteiger partial charge >= 0.3 is 0 Å². The second kappa shape index (κ2) is 5.85. The maximum absolute atomic E-state index is 4.77. The lowest BCUT2D eigenvalue weighted by Gasteiger charge is -2.03.